The maximum Gasteiger partial charge on any atom is 0.152 e. The van der Waals surface area contributed by atoms with Gasteiger partial charge in [0.25, 0.3) is 0 Å². The van der Waals surface area contributed by atoms with E-state index in [1.807, 2.05) is 20.8 Å². The third-order valence-corrected chi connectivity index (χ3v) is 2.14. The lowest BCUT2D eigenvalue weighted by atomic mass is 9.79. The molecule has 0 amide bonds. The Morgan fingerprint density at radius 3 is 1.60 bits per heavy atom. The van der Waals surface area contributed by atoms with Crippen molar-refractivity contribution in [3.05, 3.63) is 0 Å². The minimum Gasteiger partial charge on any atom is -0.370 e. The highest BCUT2D eigenvalue weighted by Crippen LogP contribution is 2.30. The molecule has 0 aliphatic rings. The molecule has 0 aliphatic heterocycles. The van der Waals surface area contributed by atoms with Crippen LogP contribution in [0.1, 0.15) is 27.7 Å². The molecule has 0 fully saturated rings. The molecule has 0 radical (unpaired) electrons. The zero-order valence-corrected chi connectivity index (χ0v) is 7.39. The second-order valence-electron chi connectivity index (χ2n) is 3.68. The third-order valence-electron chi connectivity index (χ3n) is 2.14. The summed E-state index contributed by atoms with van der Waals surface area (Å²) in [6.45, 7) is 7.72. The van der Waals surface area contributed by atoms with Gasteiger partial charge in [0.1, 0.15) is 5.60 Å². The van der Waals surface area contributed by atoms with Crippen LogP contribution in [0.3, 0.4) is 0 Å². The molecule has 0 aliphatic carbocycles. The zero-order chi connectivity index (χ0) is 8.41. The van der Waals surface area contributed by atoms with Crippen LogP contribution in [0, 0.1) is 5.41 Å². The van der Waals surface area contributed by atoms with Gasteiger partial charge in [-0.1, -0.05) is 20.8 Å². The van der Waals surface area contributed by atoms with Crippen LogP contribution in [0.25, 0.3) is 0 Å². The first kappa shape index (κ1) is 9.63. The highest BCUT2D eigenvalue weighted by atomic mass is 16.5. The van der Waals surface area contributed by atoms with Crippen molar-refractivity contribution < 1.29 is 9.53 Å². The van der Waals surface area contributed by atoms with E-state index in [4.69, 9.17) is 4.74 Å². The molecule has 0 heterocycles. The third kappa shape index (κ3) is 1.57. The Morgan fingerprint density at radius 2 is 1.60 bits per heavy atom. The molecular formula is C8H16O2. The van der Waals surface area contributed by atoms with Crippen LogP contribution in [0.4, 0.5) is 0 Å². The molecule has 60 valence electrons. The van der Waals surface area contributed by atoms with Gasteiger partial charge in [-0.25, -0.2) is 0 Å². The van der Waals surface area contributed by atoms with Gasteiger partial charge in [0, 0.05) is 7.11 Å². The first-order chi connectivity index (χ1) is 4.37. The Kier molecular flexibility index (Phi) is 2.60. The predicted molar refractivity (Wildman–Crippen MR) is 40.9 cm³/mol. The van der Waals surface area contributed by atoms with Gasteiger partial charge >= 0.3 is 0 Å². The van der Waals surface area contributed by atoms with E-state index in [2.05, 4.69) is 0 Å². The van der Waals surface area contributed by atoms with Crippen molar-refractivity contribution in [3.8, 4) is 0 Å². The summed E-state index contributed by atoms with van der Waals surface area (Å²) in [6, 6.07) is 0. The van der Waals surface area contributed by atoms with Crippen LogP contribution in [-0.4, -0.2) is 19.0 Å². The summed E-state index contributed by atoms with van der Waals surface area (Å²) >= 11 is 0. The summed E-state index contributed by atoms with van der Waals surface area (Å²) in [6.07, 6.45) is 0.854. The summed E-state index contributed by atoms with van der Waals surface area (Å²) < 4.78 is 5.08. The van der Waals surface area contributed by atoms with Gasteiger partial charge in [0.15, 0.2) is 6.29 Å². The largest absolute Gasteiger partial charge is 0.370 e. The van der Waals surface area contributed by atoms with E-state index in [1.54, 1.807) is 14.0 Å². The average Bonchev–Trinajstić information content (AvgIpc) is 1.84. The van der Waals surface area contributed by atoms with Gasteiger partial charge < -0.3 is 9.53 Å². The van der Waals surface area contributed by atoms with E-state index in [-0.39, 0.29) is 5.41 Å². The number of carbonyl (C=O) groups is 1. The second-order valence-corrected chi connectivity index (χ2v) is 3.68. The molecule has 1 unspecified atom stereocenters. The Morgan fingerprint density at radius 1 is 1.20 bits per heavy atom. The number of ether oxygens (including phenoxy) is 1. The number of aldehydes is 1. The topological polar surface area (TPSA) is 26.3 Å². The van der Waals surface area contributed by atoms with Gasteiger partial charge in [0.2, 0.25) is 0 Å². The second kappa shape index (κ2) is 2.70. The summed E-state index contributed by atoms with van der Waals surface area (Å²) in [4.78, 5) is 10.6. The van der Waals surface area contributed by atoms with Crippen LogP contribution in [0.5, 0.6) is 0 Å². The van der Waals surface area contributed by atoms with Gasteiger partial charge in [-0.15, -0.1) is 0 Å². The van der Waals surface area contributed by atoms with Crippen molar-refractivity contribution in [2.24, 2.45) is 5.41 Å². The number of hydrogen-bond acceptors (Lipinski definition) is 2. The minimum atomic E-state index is -0.660. The highest BCUT2D eigenvalue weighted by molar-refractivity contribution is 5.63. The Balaban J connectivity index is 4.48. The maximum atomic E-state index is 10.6. The molecule has 10 heavy (non-hydrogen) atoms. The predicted octanol–water partition coefficient (Wildman–Crippen LogP) is 1.64. The van der Waals surface area contributed by atoms with Crippen molar-refractivity contribution >= 4 is 6.29 Å². The van der Waals surface area contributed by atoms with Crippen molar-refractivity contribution in [1.82, 2.24) is 0 Å². The van der Waals surface area contributed by atoms with E-state index in [9.17, 15) is 4.79 Å². The maximum absolute atomic E-state index is 10.6. The minimum absolute atomic E-state index is 0.135. The monoisotopic (exact) mass is 144 g/mol. The average molecular weight is 144 g/mol. The summed E-state index contributed by atoms with van der Waals surface area (Å²) in [5, 5.41) is 0. The summed E-state index contributed by atoms with van der Waals surface area (Å²) in [7, 11) is 1.56. The normalized spacial score (nSPS) is 18.1. The van der Waals surface area contributed by atoms with Crippen LogP contribution >= 0.6 is 0 Å². The molecule has 0 spiro atoms. The number of carbonyl (C=O) groups excluding carboxylic acids is 1. The number of hydrogen-bond donors (Lipinski definition) is 0. The van der Waals surface area contributed by atoms with E-state index in [0.717, 1.165) is 6.29 Å². The Hall–Kier alpha value is -0.370. The molecule has 1 atom stereocenters. The zero-order valence-electron chi connectivity index (χ0n) is 7.39. The van der Waals surface area contributed by atoms with E-state index < -0.39 is 5.60 Å². The molecule has 0 bridgehead atoms. The molecule has 0 aromatic rings. The Bertz CT molecular complexity index is 124. The van der Waals surface area contributed by atoms with Crippen molar-refractivity contribution in [1.29, 1.82) is 0 Å². The summed E-state index contributed by atoms with van der Waals surface area (Å²) in [5.74, 6) is 0. The van der Waals surface area contributed by atoms with Crippen LogP contribution in [-0.2, 0) is 9.53 Å². The first-order valence-corrected chi connectivity index (χ1v) is 3.39. The number of rotatable bonds is 2. The van der Waals surface area contributed by atoms with Crippen molar-refractivity contribution in [2.45, 2.75) is 33.3 Å². The number of methoxy groups -OCH3 is 1. The van der Waals surface area contributed by atoms with Gasteiger partial charge in [-0.3, -0.25) is 0 Å². The van der Waals surface area contributed by atoms with Gasteiger partial charge in [0.05, 0.1) is 0 Å². The molecule has 0 N–H and O–H groups in total. The molecule has 0 saturated carbocycles. The molecular weight excluding hydrogens is 128 g/mol. The van der Waals surface area contributed by atoms with E-state index in [0.29, 0.717) is 0 Å². The molecule has 0 aromatic heterocycles. The quantitative estimate of drug-likeness (QED) is 0.551. The van der Waals surface area contributed by atoms with Crippen LogP contribution in [0.2, 0.25) is 0 Å². The smallest absolute Gasteiger partial charge is 0.152 e. The van der Waals surface area contributed by atoms with E-state index in [1.165, 1.54) is 0 Å². The summed E-state index contributed by atoms with van der Waals surface area (Å²) in [5.41, 5.74) is -0.795. The Labute approximate surface area is 62.6 Å². The fourth-order valence-corrected chi connectivity index (χ4v) is 0.531. The SMILES string of the molecule is COC(C)(C=O)C(C)(C)C. The molecule has 2 nitrogen and oxygen atoms in total. The van der Waals surface area contributed by atoms with Crippen LogP contribution < -0.4 is 0 Å². The fraction of sp³-hybridized carbons (Fsp3) is 0.875. The molecule has 0 saturated heterocycles. The molecule has 2 heteroatoms. The van der Waals surface area contributed by atoms with Crippen molar-refractivity contribution in [3.63, 3.8) is 0 Å². The van der Waals surface area contributed by atoms with Crippen LogP contribution in [0.15, 0.2) is 0 Å². The first-order valence-electron chi connectivity index (χ1n) is 3.39. The molecule has 0 aromatic carbocycles. The van der Waals surface area contributed by atoms with Gasteiger partial charge in [-0.2, -0.15) is 0 Å². The highest BCUT2D eigenvalue weighted by Gasteiger charge is 2.37. The lowest BCUT2D eigenvalue weighted by molar-refractivity contribution is -0.138. The van der Waals surface area contributed by atoms with Gasteiger partial charge in [-0.05, 0) is 12.3 Å². The van der Waals surface area contributed by atoms with Crippen molar-refractivity contribution in [2.75, 3.05) is 7.11 Å². The fourth-order valence-electron chi connectivity index (χ4n) is 0.531. The standard InChI is InChI=1S/C8H16O2/c1-7(2,3)8(4,6-9)10-5/h6H,1-5H3. The lowest BCUT2D eigenvalue weighted by Crippen LogP contribution is -2.43. The van der Waals surface area contributed by atoms with E-state index >= 15 is 0 Å². The molecule has 0 rings (SSSR count). The lowest BCUT2D eigenvalue weighted by Gasteiger charge is -2.35.